The van der Waals surface area contributed by atoms with E-state index in [-0.39, 0.29) is 24.9 Å². The molecule has 3 heterocycles. The molecule has 0 saturated heterocycles. The smallest absolute Gasteiger partial charge is 0.263 e. The first-order valence-electron chi connectivity index (χ1n) is 6.82. The Morgan fingerprint density at radius 3 is 2.56 bits per heavy atom. The fourth-order valence-electron chi connectivity index (χ4n) is 2.02. The first-order chi connectivity index (χ1) is 12.5. The summed E-state index contributed by atoms with van der Waals surface area (Å²) in [4.78, 5) is 13.7. The number of hydrogen-bond acceptors (Lipinski definition) is 8. The number of halogens is 3. The summed E-state index contributed by atoms with van der Waals surface area (Å²) in [6.45, 7) is 0. The Kier molecular flexibility index (Phi) is 4.69. The van der Waals surface area contributed by atoms with Crippen molar-refractivity contribution in [3.63, 3.8) is 0 Å². The summed E-state index contributed by atoms with van der Waals surface area (Å²) in [5.74, 6) is 0. The van der Waals surface area contributed by atoms with Crippen molar-refractivity contribution in [1.29, 1.82) is 0 Å². The number of nitrogens with one attached hydrogen (secondary N) is 1. The van der Waals surface area contributed by atoms with Gasteiger partial charge in [-0.05, 0) is 29.5 Å². The summed E-state index contributed by atoms with van der Waals surface area (Å²) < 4.78 is 65.8. The van der Waals surface area contributed by atoms with Crippen LogP contribution in [0.1, 0.15) is 5.69 Å². The van der Waals surface area contributed by atoms with Gasteiger partial charge in [0.25, 0.3) is 10.0 Å². The molecule has 15 heteroatoms. The van der Waals surface area contributed by atoms with E-state index in [0.29, 0.717) is 27.4 Å². The molecule has 0 aliphatic heterocycles. The number of thiazole rings is 1. The molecular formula is C12H8F3N5O4S3. The van der Waals surface area contributed by atoms with E-state index in [1.807, 2.05) is 0 Å². The van der Waals surface area contributed by atoms with Gasteiger partial charge in [0.05, 0.1) is 9.80 Å². The second-order valence-corrected chi connectivity index (χ2v) is 9.02. The highest BCUT2D eigenvalue weighted by atomic mass is 32.2. The second-order valence-electron chi connectivity index (χ2n) is 5.02. The summed E-state index contributed by atoms with van der Waals surface area (Å²) in [5.41, 5.74) is -0.996. The quantitative estimate of drug-likeness (QED) is 0.481. The molecule has 3 aromatic rings. The first kappa shape index (κ1) is 19.2. The minimum Gasteiger partial charge on any atom is -0.263 e. The predicted octanol–water partition coefficient (Wildman–Crippen LogP) is 3.33. The molecule has 0 aromatic carbocycles. The fraction of sp³-hybridized carbons (Fsp3) is 0.167. The van der Waals surface area contributed by atoms with Crippen molar-refractivity contribution in [3.8, 4) is 10.6 Å². The minimum absolute atomic E-state index is 0.0267. The highest BCUT2D eigenvalue weighted by molar-refractivity contribution is 7.95. The van der Waals surface area contributed by atoms with Gasteiger partial charge in [-0.1, -0.05) is 0 Å². The number of alkyl halides is 3. The van der Waals surface area contributed by atoms with Crippen LogP contribution in [0.3, 0.4) is 0 Å². The molecule has 9 nitrogen and oxygen atoms in total. The summed E-state index contributed by atoms with van der Waals surface area (Å²) >= 11 is 1.24. The number of hydrogen-bond donors (Lipinski definition) is 1. The zero-order valence-corrected chi connectivity index (χ0v) is 15.5. The fourth-order valence-corrected chi connectivity index (χ4v) is 5.15. The third-order valence-electron chi connectivity index (χ3n) is 3.16. The number of sulfonamides is 1. The molecule has 0 spiro atoms. The molecule has 1 N–H and O–H groups in total. The Bertz CT molecular complexity index is 1120. The number of aromatic nitrogens is 3. The molecule has 0 bridgehead atoms. The Hall–Kier alpha value is -2.52. The molecule has 0 aliphatic carbocycles. The standard InChI is InChI=1S/C12H8F3N5O4S3/c1-19-8(12(13,14)15)4-6(17-19)7-2-3-10(25-7)27(23,24)18-11-16-5-9(26-11)20(21)22/h2-5H,1H3,(H,16,18). The zero-order chi connectivity index (χ0) is 20.0. The molecule has 0 atom stereocenters. The summed E-state index contributed by atoms with van der Waals surface area (Å²) in [6, 6.07) is 3.35. The molecular weight excluding hydrogens is 431 g/mol. The number of nitrogens with zero attached hydrogens (tertiary/aromatic N) is 4. The topological polar surface area (TPSA) is 120 Å². The Morgan fingerprint density at radius 1 is 1.30 bits per heavy atom. The van der Waals surface area contributed by atoms with Crippen LogP contribution in [-0.4, -0.2) is 28.1 Å². The van der Waals surface area contributed by atoms with E-state index in [9.17, 15) is 31.7 Å². The number of nitro groups is 1. The van der Waals surface area contributed by atoms with Gasteiger partial charge in [0, 0.05) is 7.05 Å². The van der Waals surface area contributed by atoms with E-state index in [1.165, 1.54) is 12.1 Å². The highest BCUT2D eigenvalue weighted by Crippen LogP contribution is 2.36. The van der Waals surface area contributed by atoms with Crippen LogP contribution in [0.4, 0.5) is 23.3 Å². The third kappa shape index (κ3) is 3.93. The van der Waals surface area contributed by atoms with E-state index < -0.39 is 26.8 Å². The number of thiophene rings is 1. The Balaban J connectivity index is 1.87. The minimum atomic E-state index is -4.59. The molecule has 0 aliphatic rings. The molecule has 0 radical (unpaired) electrons. The van der Waals surface area contributed by atoms with E-state index >= 15 is 0 Å². The normalized spacial score (nSPS) is 12.3. The SMILES string of the molecule is Cn1nc(-c2ccc(S(=O)(=O)Nc3ncc([N+](=O)[O-])s3)s2)cc1C(F)(F)F. The van der Waals surface area contributed by atoms with Crippen molar-refractivity contribution < 1.29 is 26.5 Å². The first-order valence-corrected chi connectivity index (χ1v) is 9.93. The average molecular weight is 439 g/mol. The maximum atomic E-state index is 12.9. The van der Waals surface area contributed by atoms with Crippen molar-refractivity contribution >= 4 is 42.8 Å². The lowest BCUT2D eigenvalue weighted by Crippen LogP contribution is -2.11. The van der Waals surface area contributed by atoms with Gasteiger partial charge in [-0.2, -0.15) is 18.3 Å². The van der Waals surface area contributed by atoms with Crippen molar-refractivity contribution in [2.75, 3.05) is 4.72 Å². The number of aryl methyl sites for hydroxylation is 1. The lowest BCUT2D eigenvalue weighted by Gasteiger charge is -2.04. The average Bonchev–Trinajstić information content (AvgIpc) is 3.23. The van der Waals surface area contributed by atoms with Gasteiger partial charge >= 0.3 is 11.2 Å². The Morgan fingerprint density at radius 2 is 2.00 bits per heavy atom. The van der Waals surface area contributed by atoms with E-state index in [0.717, 1.165) is 19.3 Å². The van der Waals surface area contributed by atoms with Gasteiger partial charge < -0.3 is 0 Å². The molecule has 3 aromatic heterocycles. The number of rotatable bonds is 5. The Labute approximate surface area is 157 Å². The maximum Gasteiger partial charge on any atom is 0.433 e. The van der Waals surface area contributed by atoms with Gasteiger partial charge in [-0.15, -0.1) is 11.3 Å². The van der Waals surface area contributed by atoms with Crippen molar-refractivity contribution in [1.82, 2.24) is 14.8 Å². The van der Waals surface area contributed by atoms with Crippen LogP contribution in [0.5, 0.6) is 0 Å². The zero-order valence-electron chi connectivity index (χ0n) is 13.1. The van der Waals surface area contributed by atoms with Gasteiger partial charge in [-0.25, -0.2) is 13.4 Å². The molecule has 0 unspecified atom stereocenters. The third-order valence-corrected chi connectivity index (χ3v) is 7.10. The lowest BCUT2D eigenvalue weighted by molar-refractivity contribution is -0.380. The van der Waals surface area contributed by atoms with Crippen molar-refractivity contribution in [3.05, 3.63) is 40.2 Å². The van der Waals surface area contributed by atoms with Gasteiger partial charge in [0.15, 0.2) is 0 Å². The maximum absolute atomic E-state index is 12.9. The lowest BCUT2D eigenvalue weighted by atomic mass is 10.3. The van der Waals surface area contributed by atoms with Crippen LogP contribution in [0.15, 0.2) is 28.6 Å². The van der Waals surface area contributed by atoms with Gasteiger partial charge in [0.1, 0.15) is 21.8 Å². The van der Waals surface area contributed by atoms with E-state index in [1.54, 1.807) is 0 Å². The van der Waals surface area contributed by atoms with Gasteiger partial charge in [-0.3, -0.25) is 19.5 Å². The monoisotopic (exact) mass is 439 g/mol. The molecule has 0 amide bonds. The van der Waals surface area contributed by atoms with E-state index in [4.69, 9.17) is 0 Å². The van der Waals surface area contributed by atoms with Crippen LogP contribution in [0.2, 0.25) is 0 Å². The van der Waals surface area contributed by atoms with Crippen molar-refractivity contribution in [2.24, 2.45) is 7.05 Å². The van der Waals surface area contributed by atoms with Crippen LogP contribution in [0.25, 0.3) is 10.6 Å². The van der Waals surface area contributed by atoms with E-state index in [2.05, 4.69) is 14.8 Å². The van der Waals surface area contributed by atoms with Crippen LogP contribution in [-0.2, 0) is 23.2 Å². The molecule has 0 fully saturated rings. The largest absolute Gasteiger partial charge is 0.433 e. The highest BCUT2D eigenvalue weighted by Gasteiger charge is 2.35. The summed E-state index contributed by atoms with van der Waals surface area (Å²) in [7, 11) is -2.97. The summed E-state index contributed by atoms with van der Waals surface area (Å²) in [5, 5.41) is 13.8. The molecule has 0 saturated carbocycles. The molecule has 144 valence electrons. The number of anilines is 1. The predicted molar refractivity (Wildman–Crippen MR) is 91.1 cm³/mol. The van der Waals surface area contributed by atoms with Crippen LogP contribution in [0, 0.1) is 10.1 Å². The van der Waals surface area contributed by atoms with Crippen LogP contribution < -0.4 is 4.72 Å². The molecule has 27 heavy (non-hydrogen) atoms. The van der Waals surface area contributed by atoms with Crippen molar-refractivity contribution in [2.45, 2.75) is 10.4 Å². The second kappa shape index (κ2) is 6.58. The molecule has 3 rings (SSSR count). The van der Waals surface area contributed by atoms with Crippen LogP contribution >= 0.6 is 22.7 Å². The van der Waals surface area contributed by atoms with Gasteiger partial charge in [0.2, 0.25) is 5.13 Å². The summed E-state index contributed by atoms with van der Waals surface area (Å²) in [6.07, 6.45) is -3.68.